The van der Waals surface area contributed by atoms with Crippen LogP contribution in [0.2, 0.25) is 0 Å². The number of nitrogens with two attached hydrogens (primary N) is 6. The maximum absolute atomic E-state index is 13.1. The smallest absolute Gasteiger partial charge is 0.223 e. The molecule has 0 radical (unpaired) electrons. The van der Waals surface area contributed by atoms with E-state index in [1.54, 1.807) is 48.2 Å². The zero-order chi connectivity index (χ0) is 41.1. The molecule has 0 aliphatic carbocycles. The van der Waals surface area contributed by atoms with Gasteiger partial charge >= 0.3 is 0 Å². The Hall–Kier alpha value is -7.28. The third-order valence-corrected chi connectivity index (χ3v) is 9.70. The van der Waals surface area contributed by atoms with Crippen molar-refractivity contribution in [3.8, 4) is 5.75 Å². The molecular formula is C38H39FN12O5S. The maximum Gasteiger partial charge on any atom is 0.223 e. The van der Waals surface area contributed by atoms with E-state index in [1.807, 2.05) is 54.6 Å². The number of anilines is 6. The second kappa shape index (κ2) is 18.8. The number of para-hydroxylation sites is 1. The fourth-order valence-corrected chi connectivity index (χ4v) is 7.09. The number of nitrogens with zero attached hydrogens (tertiary/aromatic N) is 6. The van der Waals surface area contributed by atoms with E-state index in [9.17, 15) is 24.6 Å². The second-order valence-electron chi connectivity index (χ2n) is 12.4. The summed E-state index contributed by atoms with van der Waals surface area (Å²) in [6.45, 7) is -0.741. The first kappa shape index (κ1) is 40.9. The third kappa shape index (κ3) is 10.9. The lowest BCUT2D eigenvalue weighted by atomic mass is 9.91. The quantitative estimate of drug-likeness (QED) is 0.0464. The minimum atomic E-state index is -0.852. The lowest BCUT2D eigenvalue weighted by Crippen LogP contribution is -2.20. The topological polar surface area (TPSA) is 303 Å². The summed E-state index contributed by atoms with van der Waals surface area (Å²) in [7, 11) is 0. The van der Waals surface area contributed by atoms with Crippen LogP contribution in [-0.2, 0) is 12.4 Å². The summed E-state index contributed by atoms with van der Waals surface area (Å²) in [5.41, 5.74) is 38.8. The van der Waals surface area contributed by atoms with Crippen LogP contribution in [0, 0.1) is 26.0 Å². The van der Waals surface area contributed by atoms with Gasteiger partial charge in [-0.2, -0.15) is 19.9 Å². The van der Waals surface area contributed by atoms with Crippen molar-refractivity contribution in [3.63, 3.8) is 0 Å². The molecule has 12 N–H and O–H groups in total. The first-order chi connectivity index (χ1) is 27.3. The predicted octanol–water partition coefficient (Wildman–Crippen LogP) is 5.27. The Kier molecular flexibility index (Phi) is 13.5. The molecule has 2 heterocycles. The number of ether oxygens (including phenoxy) is 1. The zero-order valence-electron chi connectivity index (χ0n) is 30.3. The number of hydrogen-bond donors (Lipinski definition) is 6. The molecule has 2 aromatic heterocycles. The summed E-state index contributed by atoms with van der Waals surface area (Å²) < 4.78 is 18.9. The minimum Gasteiger partial charge on any atom is -0.489 e. The van der Waals surface area contributed by atoms with E-state index < -0.39 is 28.2 Å². The molecule has 0 fully saturated rings. The highest BCUT2D eigenvalue weighted by atomic mass is 32.2. The van der Waals surface area contributed by atoms with Crippen molar-refractivity contribution in [2.24, 2.45) is 0 Å². The standard InChI is InChI=1S/C19H19FN6O3.C19H20N6O2S/c20-12-7-5-11(6-8-12)10-29-15-4-2-1-3-13(15)14(9-26(27)28)16-17(21)24-19(23)25-18(16)22;20-17-16(18(21)24-19(22)23-17)14(10-25(26)27)13-8-4-5-9-15(13)28-11-12-6-2-1-3-7-12/h1-8,14H,9-10H2,(H6,21,22,23,24,25);1-9,14H,10-11H2,(H6,20,21,22,23,24). The number of hydrogen-bond acceptors (Lipinski definition) is 16. The zero-order valence-corrected chi connectivity index (χ0v) is 31.1. The number of rotatable bonds is 14. The Balaban J connectivity index is 0.000000218. The van der Waals surface area contributed by atoms with Crippen LogP contribution >= 0.6 is 11.8 Å². The van der Waals surface area contributed by atoms with E-state index in [1.165, 1.54) is 12.1 Å². The molecule has 57 heavy (non-hydrogen) atoms. The van der Waals surface area contributed by atoms with Crippen LogP contribution in [0.1, 0.15) is 45.2 Å². The van der Waals surface area contributed by atoms with Crippen molar-refractivity contribution in [3.05, 3.63) is 163 Å². The highest BCUT2D eigenvalue weighted by molar-refractivity contribution is 7.98. The van der Waals surface area contributed by atoms with Crippen LogP contribution in [0.4, 0.5) is 39.6 Å². The van der Waals surface area contributed by atoms with Gasteiger partial charge < -0.3 is 39.1 Å². The molecule has 0 saturated carbocycles. The van der Waals surface area contributed by atoms with Gasteiger partial charge in [-0.3, -0.25) is 20.2 Å². The highest BCUT2D eigenvalue weighted by Gasteiger charge is 2.30. The molecule has 2 atom stereocenters. The summed E-state index contributed by atoms with van der Waals surface area (Å²) >= 11 is 1.60. The number of nitrogen functional groups attached to an aromatic ring is 6. The average molecular weight is 795 g/mol. The number of aromatic nitrogens is 4. The molecule has 4 aromatic carbocycles. The SMILES string of the molecule is Nc1nc(N)c(C(C[N+](=O)[O-])c2ccccc2OCc2ccc(F)cc2)c(N)n1.Nc1nc(N)c(C(C[N+](=O)[O-])c2ccccc2SCc2ccccc2)c(N)n1. The van der Waals surface area contributed by atoms with Crippen LogP contribution in [0.5, 0.6) is 5.75 Å². The van der Waals surface area contributed by atoms with Crippen LogP contribution in [-0.4, -0.2) is 42.9 Å². The molecular weight excluding hydrogens is 756 g/mol. The maximum atomic E-state index is 13.1. The first-order valence-electron chi connectivity index (χ1n) is 17.1. The van der Waals surface area contributed by atoms with Gasteiger partial charge in [0.25, 0.3) is 0 Å². The molecule has 0 spiro atoms. The van der Waals surface area contributed by atoms with Crippen molar-refractivity contribution in [1.82, 2.24) is 19.9 Å². The average Bonchev–Trinajstić information content (AvgIpc) is 3.16. The van der Waals surface area contributed by atoms with Gasteiger partial charge in [-0.05, 0) is 41.0 Å². The summed E-state index contributed by atoms with van der Waals surface area (Å²) in [4.78, 5) is 38.4. The normalized spacial score (nSPS) is 11.8. The lowest BCUT2D eigenvalue weighted by molar-refractivity contribution is -0.481. The number of nitro groups is 2. The Morgan fingerprint density at radius 3 is 1.58 bits per heavy atom. The molecule has 294 valence electrons. The van der Waals surface area contributed by atoms with Gasteiger partial charge in [-0.1, -0.05) is 78.9 Å². The Morgan fingerprint density at radius 1 is 0.596 bits per heavy atom. The molecule has 0 aliphatic heterocycles. The molecule has 2 unspecified atom stereocenters. The van der Waals surface area contributed by atoms with Gasteiger partial charge in [-0.15, -0.1) is 11.8 Å². The van der Waals surface area contributed by atoms with Crippen LogP contribution in [0.3, 0.4) is 0 Å². The molecule has 0 saturated heterocycles. The van der Waals surface area contributed by atoms with Gasteiger partial charge in [0, 0.05) is 26.1 Å². The predicted molar refractivity (Wildman–Crippen MR) is 218 cm³/mol. The number of benzene rings is 4. The molecule has 6 aromatic rings. The van der Waals surface area contributed by atoms with Crippen molar-refractivity contribution < 1.29 is 19.0 Å². The molecule has 0 bridgehead atoms. The minimum absolute atomic E-state index is 0.0322. The Morgan fingerprint density at radius 2 is 1.05 bits per heavy atom. The fourth-order valence-electron chi connectivity index (χ4n) is 6.03. The monoisotopic (exact) mass is 794 g/mol. The van der Waals surface area contributed by atoms with Crippen molar-refractivity contribution in [2.75, 3.05) is 47.5 Å². The summed E-state index contributed by atoms with van der Waals surface area (Å²) in [6, 6.07) is 30.1. The summed E-state index contributed by atoms with van der Waals surface area (Å²) in [6.07, 6.45) is 0. The second-order valence-corrected chi connectivity index (χ2v) is 13.4. The Bertz CT molecular complexity index is 2290. The van der Waals surface area contributed by atoms with E-state index >= 15 is 0 Å². The van der Waals surface area contributed by atoms with Crippen molar-refractivity contribution in [2.45, 2.75) is 29.1 Å². The molecule has 0 amide bonds. The molecule has 17 nitrogen and oxygen atoms in total. The first-order valence-corrected chi connectivity index (χ1v) is 18.1. The third-order valence-electron chi connectivity index (χ3n) is 8.54. The number of halogens is 1. The summed E-state index contributed by atoms with van der Waals surface area (Å²) in [5.74, 6) is -0.898. The van der Waals surface area contributed by atoms with Crippen molar-refractivity contribution in [1.29, 1.82) is 0 Å². The molecule has 6 rings (SSSR count). The largest absolute Gasteiger partial charge is 0.489 e. The van der Waals surface area contributed by atoms with Gasteiger partial charge in [0.2, 0.25) is 25.0 Å². The Labute approximate surface area is 330 Å². The lowest BCUT2D eigenvalue weighted by Gasteiger charge is -2.20. The van der Waals surface area contributed by atoms with Gasteiger partial charge in [0.15, 0.2) is 0 Å². The van der Waals surface area contributed by atoms with E-state index in [-0.39, 0.29) is 59.7 Å². The van der Waals surface area contributed by atoms with Gasteiger partial charge in [0.05, 0.1) is 23.0 Å². The highest BCUT2D eigenvalue weighted by Crippen LogP contribution is 2.39. The number of thioether (sulfide) groups is 1. The van der Waals surface area contributed by atoms with Gasteiger partial charge in [0.1, 0.15) is 41.4 Å². The van der Waals surface area contributed by atoms with Crippen LogP contribution < -0.4 is 39.1 Å². The van der Waals surface area contributed by atoms with Crippen molar-refractivity contribution >= 4 is 46.9 Å². The molecule has 0 aliphatic rings. The molecule has 19 heteroatoms. The van der Waals surface area contributed by atoms with E-state index in [4.69, 9.17) is 39.1 Å². The van der Waals surface area contributed by atoms with E-state index in [2.05, 4.69) is 19.9 Å². The van der Waals surface area contributed by atoms with E-state index in [0.717, 1.165) is 27.3 Å². The summed E-state index contributed by atoms with van der Waals surface area (Å²) in [5, 5.41) is 22.7. The fraction of sp³-hybridized carbons (Fsp3) is 0.158. The van der Waals surface area contributed by atoms with Gasteiger partial charge in [-0.25, -0.2) is 4.39 Å². The van der Waals surface area contributed by atoms with Crippen LogP contribution in [0.15, 0.2) is 108 Å². The van der Waals surface area contributed by atoms with Crippen LogP contribution in [0.25, 0.3) is 0 Å². The van der Waals surface area contributed by atoms with E-state index in [0.29, 0.717) is 16.9 Å².